The Morgan fingerprint density at radius 3 is 2.54 bits per heavy atom. The van der Waals surface area contributed by atoms with Crippen molar-refractivity contribution >= 4 is 22.4 Å². The minimum absolute atomic E-state index is 0.162. The van der Waals surface area contributed by atoms with Crippen molar-refractivity contribution in [3.05, 3.63) is 47.2 Å². The van der Waals surface area contributed by atoms with Crippen LogP contribution in [-0.2, 0) is 11.2 Å². The highest BCUT2D eigenvalue weighted by Crippen LogP contribution is 2.19. The van der Waals surface area contributed by atoms with Crippen LogP contribution in [0, 0.1) is 6.92 Å². The Hall–Kier alpha value is -2.81. The van der Waals surface area contributed by atoms with E-state index >= 15 is 0 Å². The lowest BCUT2D eigenvalue weighted by atomic mass is 10.1. The number of carbonyl (C=O) groups is 1. The molecule has 4 rings (SSSR count). The number of benzene rings is 1. The van der Waals surface area contributed by atoms with Gasteiger partial charge in [0.1, 0.15) is 0 Å². The highest BCUT2D eigenvalue weighted by Gasteiger charge is 2.22. The summed E-state index contributed by atoms with van der Waals surface area (Å²) in [4.78, 5) is 21.1. The second-order valence-electron chi connectivity index (χ2n) is 6.16. The number of amides is 1. The topological polar surface area (TPSA) is 80.0 Å². The summed E-state index contributed by atoms with van der Waals surface area (Å²) in [6, 6.07) is 7.79. The Morgan fingerprint density at radius 2 is 1.92 bits per heavy atom. The molecule has 3 heterocycles. The molecule has 0 atom stereocenters. The molecule has 0 saturated carbocycles. The zero-order chi connectivity index (χ0) is 17.9. The van der Waals surface area contributed by atoms with Gasteiger partial charge in [0.25, 0.3) is 0 Å². The number of tetrazole rings is 1. The number of piperazine rings is 1. The molecule has 3 aromatic rings. The summed E-state index contributed by atoms with van der Waals surface area (Å²) in [7, 11) is 0. The number of thiazole rings is 1. The Bertz CT molecular complexity index is 867. The lowest BCUT2D eigenvalue weighted by molar-refractivity contribution is -0.130. The van der Waals surface area contributed by atoms with Crippen LogP contribution >= 0.6 is 11.3 Å². The van der Waals surface area contributed by atoms with E-state index in [-0.39, 0.29) is 5.91 Å². The molecule has 0 spiro atoms. The van der Waals surface area contributed by atoms with Gasteiger partial charge < -0.3 is 9.80 Å². The molecule has 1 aromatic carbocycles. The molecule has 2 aromatic heterocycles. The van der Waals surface area contributed by atoms with Gasteiger partial charge in [-0.05, 0) is 35.0 Å². The summed E-state index contributed by atoms with van der Waals surface area (Å²) in [5.41, 5.74) is 1.88. The van der Waals surface area contributed by atoms with E-state index in [1.807, 2.05) is 47.7 Å². The maximum Gasteiger partial charge on any atom is 0.227 e. The van der Waals surface area contributed by atoms with Crippen LogP contribution in [0.3, 0.4) is 0 Å². The first-order chi connectivity index (χ1) is 12.7. The molecule has 8 nitrogen and oxygen atoms in total. The van der Waals surface area contributed by atoms with Crippen LogP contribution in [0.25, 0.3) is 5.69 Å². The average molecular weight is 369 g/mol. The van der Waals surface area contributed by atoms with E-state index in [1.54, 1.807) is 16.0 Å². The Morgan fingerprint density at radius 1 is 1.15 bits per heavy atom. The van der Waals surface area contributed by atoms with E-state index in [1.165, 1.54) is 0 Å². The first-order valence-electron chi connectivity index (χ1n) is 8.47. The molecule has 0 unspecified atom stereocenters. The van der Waals surface area contributed by atoms with Crippen LogP contribution in [0.2, 0.25) is 0 Å². The fourth-order valence-corrected chi connectivity index (χ4v) is 3.73. The summed E-state index contributed by atoms with van der Waals surface area (Å²) < 4.78 is 1.67. The number of rotatable bonds is 4. The van der Waals surface area contributed by atoms with E-state index in [2.05, 4.69) is 25.4 Å². The number of hydrogen-bond donors (Lipinski definition) is 0. The molecule has 0 N–H and O–H groups in total. The van der Waals surface area contributed by atoms with Crippen LogP contribution < -0.4 is 4.90 Å². The molecular weight excluding hydrogens is 350 g/mol. The largest absolute Gasteiger partial charge is 0.345 e. The van der Waals surface area contributed by atoms with Gasteiger partial charge in [0.2, 0.25) is 5.91 Å². The van der Waals surface area contributed by atoms with Gasteiger partial charge >= 0.3 is 0 Å². The SMILES string of the molecule is Cc1nnnn1-c1ccc(CC(=O)N2CCN(c3nccs3)CC2)cc1. The van der Waals surface area contributed by atoms with Crippen molar-refractivity contribution in [3.63, 3.8) is 0 Å². The third-order valence-corrected chi connectivity index (χ3v) is 5.32. The summed E-state index contributed by atoms with van der Waals surface area (Å²) in [6.45, 7) is 4.98. The smallest absolute Gasteiger partial charge is 0.227 e. The van der Waals surface area contributed by atoms with Crippen molar-refractivity contribution in [3.8, 4) is 5.69 Å². The molecular formula is C17H19N7OS. The minimum atomic E-state index is 0.162. The first-order valence-corrected chi connectivity index (χ1v) is 9.35. The average Bonchev–Trinajstić information content (AvgIpc) is 3.34. The highest BCUT2D eigenvalue weighted by molar-refractivity contribution is 7.13. The Labute approximate surface area is 155 Å². The van der Waals surface area contributed by atoms with Crippen LogP contribution in [0.5, 0.6) is 0 Å². The zero-order valence-electron chi connectivity index (χ0n) is 14.4. The number of nitrogens with zero attached hydrogens (tertiary/aromatic N) is 7. The molecule has 1 amide bonds. The predicted octanol–water partition coefficient (Wildman–Crippen LogP) is 1.32. The lowest BCUT2D eigenvalue weighted by Crippen LogP contribution is -2.49. The third kappa shape index (κ3) is 3.43. The zero-order valence-corrected chi connectivity index (χ0v) is 15.3. The third-order valence-electron chi connectivity index (χ3n) is 4.48. The van der Waals surface area contributed by atoms with Gasteiger partial charge in [0.05, 0.1) is 12.1 Å². The van der Waals surface area contributed by atoms with Gasteiger partial charge in [0, 0.05) is 37.8 Å². The van der Waals surface area contributed by atoms with Gasteiger partial charge in [-0.15, -0.1) is 16.4 Å². The number of aromatic nitrogens is 5. The minimum Gasteiger partial charge on any atom is -0.345 e. The number of carbonyl (C=O) groups excluding carboxylic acids is 1. The van der Waals surface area contributed by atoms with E-state index in [4.69, 9.17) is 0 Å². The summed E-state index contributed by atoms with van der Waals surface area (Å²) in [5.74, 6) is 0.891. The summed E-state index contributed by atoms with van der Waals surface area (Å²) >= 11 is 1.64. The van der Waals surface area contributed by atoms with Crippen LogP contribution in [-0.4, -0.2) is 62.2 Å². The molecule has 26 heavy (non-hydrogen) atoms. The van der Waals surface area contributed by atoms with Crippen molar-refractivity contribution < 1.29 is 4.79 Å². The van der Waals surface area contributed by atoms with Gasteiger partial charge in [-0.3, -0.25) is 4.79 Å². The molecule has 1 aliphatic heterocycles. The van der Waals surface area contributed by atoms with Crippen LogP contribution in [0.15, 0.2) is 35.8 Å². The van der Waals surface area contributed by atoms with Crippen molar-refractivity contribution in [2.24, 2.45) is 0 Å². The van der Waals surface area contributed by atoms with Crippen molar-refractivity contribution in [2.45, 2.75) is 13.3 Å². The monoisotopic (exact) mass is 369 g/mol. The molecule has 134 valence electrons. The van der Waals surface area contributed by atoms with Crippen molar-refractivity contribution in [1.29, 1.82) is 0 Å². The van der Waals surface area contributed by atoms with Crippen LogP contribution in [0.1, 0.15) is 11.4 Å². The van der Waals surface area contributed by atoms with Gasteiger partial charge in [-0.25, -0.2) is 4.98 Å². The van der Waals surface area contributed by atoms with Crippen LogP contribution in [0.4, 0.5) is 5.13 Å². The Balaban J connectivity index is 1.34. The number of hydrogen-bond acceptors (Lipinski definition) is 7. The lowest BCUT2D eigenvalue weighted by Gasteiger charge is -2.34. The maximum atomic E-state index is 12.6. The molecule has 0 aliphatic carbocycles. The van der Waals surface area contributed by atoms with Gasteiger partial charge in [0.15, 0.2) is 11.0 Å². The second-order valence-corrected chi connectivity index (χ2v) is 7.04. The first kappa shape index (κ1) is 16.6. The highest BCUT2D eigenvalue weighted by atomic mass is 32.1. The van der Waals surface area contributed by atoms with Crippen molar-refractivity contribution in [2.75, 3.05) is 31.1 Å². The van der Waals surface area contributed by atoms with Gasteiger partial charge in [-0.2, -0.15) is 4.68 Å². The van der Waals surface area contributed by atoms with Gasteiger partial charge in [-0.1, -0.05) is 12.1 Å². The fourth-order valence-electron chi connectivity index (χ4n) is 3.03. The standard InChI is InChI=1S/C17H19N7OS/c1-13-19-20-21-24(13)15-4-2-14(3-5-15)12-16(25)22-7-9-23(10-8-22)17-18-6-11-26-17/h2-6,11H,7-10,12H2,1H3. The number of aryl methyl sites for hydroxylation is 1. The second kappa shape index (κ2) is 7.20. The van der Waals surface area contributed by atoms with E-state index in [0.29, 0.717) is 6.42 Å². The summed E-state index contributed by atoms with van der Waals surface area (Å²) in [5, 5.41) is 14.5. The molecule has 0 bridgehead atoms. The van der Waals surface area contributed by atoms with Crippen molar-refractivity contribution in [1.82, 2.24) is 30.1 Å². The maximum absolute atomic E-state index is 12.6. The molecule has 1 saturated heterocycles. The fraction of sp³-hybridized carbons (Fsp3) is 0.353. The predicted molar refractivity (Wildman–Crippen MR) is 98.5 cm³/mol. The normalized spacial score (nSPS) is 14.7. The Kier molecular flexibility index (Phi) is 4.61. The molecule has 0 radical (unpaired) electrons. The number of anilines is 1. The molecule has 9 heteroatoms. The quantitative estimate of drug-likeness (QED) is 0.690. The van der Waals surface area contributed by atoms with E-state index < -0.39 is 0 Å². The summed E-state index contributed by atoms with van der Waals surface area (Å²) in [6.07, 6.45) is 2.23. The van der Waals surface area contributed by atoms with E-state index in [9.17, 15) is 4.79 Å². The van der Waals surface area contributed by atoms with E-state index in [0.717, 1.165) is 48.4 Å². The molecule has 1 fully saturated rings. The molecule has 1 aliphatic rings.